The van der Waals surface area contributed by atoms with Crippen molar-refractivity contribution in [1.82, 2.24) is 0 Å². The standard InChI is InChI=1S/C22H34N2O2/c25-16-23-20-8-4-18(5-9-20)14-22(12-2-1-3-13-22)15-19-6-10-21(11-7-19)24-17-26/h18-21H,1-15H2. The maximum Gasteiger partial charge on any atom is 0.235 e. The summed E-state index contributed by atoms with van der Waals surface area (Å²) in [5, 5.41) is 0. The van der Waals surface area contributed by atoms with Gasteiger partial charge in [0.15, 0.2) is 0 Å². The molecule has 26 heavy (non-hydrogen) atoms. The van der Waals surface area contributed by atoms with Gasteiger partial charge in [-0.2, -0.15) is 0 Å². The molecule has 3 aliphatic rings. The van der Waals surface area contributed by atoms with Gasteiger partial charge in [0.2, 0.25) is 12.2 Å². The van der Waals surface area contributed by atoms with Gasteiger partial charge in [0.25, 0.3) is 0 Å². The van der Waals surface area contributed by atoms with Crippen LogP contribution in [0.4, 0.5) is 0 Å². The molecule has 4 heteroatoms. The molecule has 0 aromatic carbocycles. The summed E-state index contributed by atoms with van der Waals surface area (Å²) in [4.78, 5) is 28.9. The molecule has 144 valence electrons. The van der Waals surface area contributed by atoms with Crippen molar-refractivity contribution in [2.24, 2.45) is 27.2 Å². The SMILES string of the molecule is O=C=NC1CCC(CC2(CC3CCC(N=C=O)CC3)CCCCC2)CC1. The van der Waals surface area contributed by atoms with Crippen LogP contribution in [0.25, 0.3) is 0 Å². The third kappa shape index (κ3) is 5.38. The van der Waals surface area contributed by atoms with Crippen molar-refractivity contribution in [2.45, 2.75) is 108 Å². The second kappa shape index (κ2) is 9.62. The van der Waals surface area contributed by atoms with E-state index in [-0.39, 0.29) is 12.1 Å². The van der Waals surface area contributed by atoms with Gasteiger partial charge in [-0.25, -0.2) is 19.6 Å². The van der Waals surface area contributed by atoms with Gasteiger partial charge in [-0.1, -0.05) is 19.3 Å². The third-order valence-corrected chi connectivity index (χ3v) is 7.46. The number of nitrogens with zero attached hydrogens (tertiary/aromatic N) is 2. The molecule has 3 aliphatic carbocycles. The molecular weight excluding hydrogens is 324 g/mol. The molecule has 0 bridgehead atoms. The van der Waals surface area contributed by atoms with Crippen molar-refractivity contribution < 1.29 is 9.59 Å². The molecule has 0 unspecified atom stereocenters. The van der Waals surface area contributed by atoms with Gasteiger partial charge in [-0.05, 0) is 94.3 Å². The van der Waals surface area contributed by atoms with Crippen molar-refractivity contribution in [3.63, 3.8) is 0 Å². The minimum atomic E-state index is 0.236. The molecule has 0 N–H and O–H groups in total. The predicted octanol–water partition coefficient (Wildman–Crippen LogP) is 5.51. The van der Waals surface area contributed by atoms with Gasteiger partial charge >= 0.3 is 0 Å². The molecule has 0 aromatic rings. The fourth-order valence-electron chi connectivity index (χ4n) is 6.12. The molecule has 0 aliphatic heterocycles. The minimum absolute atomic E-state index is 0.236. The fourth-order valence-corrected chi connectivity index (χ4v) is 6.12. The summed E-state index contributed by atoms with van der Waals surface area (Å²) in [7, 11) is 0. The lowest BCUT2D eigenvalue weighted by Gasteiger charge is -2.44. The molecule has 4 nitrogen and oxygen atoms in total. The number of aliphatic imine (C=N–C) groups is 2. The highest BCUT2D eigenvalue weighted by molar-refractivity contribution is 5.33. The van der Waals surface area contributed by atoms with Crippen molar-refractivity contribution in [1.29, 1.82) is 0 Å². The Bertz CT molecular complexity index is 484. The Hall–Kier alpha value is -1.24. The number of hydrogen-bond donors (Lipinski definition) is 0. The van der Waals surface area contributed by atoms with E-state index in [9.17, 15) is 9.59 Å². The number of carbonyl (C=O) groups excluding carboxylic acids is 2. The van der Waals surface area contributed by atoms with Gasteiger partial charge in [-0.15, -0.1) is 0 Å². The molecule has 0 amide bonds. The van der Waals surface area contributed by atoms with Gasteiger partial charge in [0.05, 0.1) is 12.1 Å². The van der Waals surface area contributed by atoms with Crippen LogP contribution in [0.2, 0.25) is 0 Å². The second-order valence-electron chi connectivity index (χ2n) is 9.26. The highest BCUT2D eigenvalue weighted by atomic mass is 16.1. The maximum atomic E-state index is 10.5. The van der Waals surface area contributed by atoms with E-state index < -0.39 is 0 Å². The molecule has 3 fully saturated rings. The first kappa shape index (κ1) is 19.5. The Morgan fingerprint density at radius 2 is 1.08 bits per heavy atom. The Labute approximate surface area is 157 Å². The first-order valence-corrected chi connectivity index (χ1v) is 10.9. The average Bonchev–Trinajstić information content (AvgIpc) is 2.66. The summed E-state index contributed by atoms with van der Waals surface area (Å²) < 4.78 is 0. The Morgan fingerprint density at radius 3 is 1.46 bits per heavy atom. The second-order valence-corrected chi connectivity index (χ2v) is 9.26. The smallest absolute Gasteiger partial charge is 0.211 e. The van der Waals surface area contributed by atoms with E-state index in [4.69, 9.17) is 0 Å². The zero-order valence-corrected chi connectivity index (χ0v) is 16.1. The van der Waals surface area contributed by atoms with E-state index in [1.165, 1.54) is 70.6 Å². The number of isocyanates is 2. The maximum absolute atomic E-state index is 10.5. The van der Waals surface area contributed by atoms with Crippen LogP contribution >= 0.6 is 0 Å². The van der Waals surface area contributed by atoms with Crippen LogP contribution in [0.15, 0.2) is 9.98 Å². The van der Waals surface area contributed by atoms with Crippen molar-refractivity contribution in [3.05, 3.63) is 0 Å². The first-order valence-electron chi connectivity index (χ1n) is 10.9. The summed E-state index contributed by atoms with van der Waals surface area (Å²) in [6.45, 7) is 0. The fraction of sp³-hybridized carbons (Fsp3) is 0.909. The van der Waals surface area contributed by atoms with Crippen LogP contribution in [0.3, 0.4) is 0 Å². The zero-order valence-electron chi connectivity index (χ0n) is 16.1. The molecule has 0 aromatic heterocycles. The normalized spacial score (nSPS) is 34.3. The Balaban J connectivity index is 1.55. The zero-order chi connectivity index (χ0) is 18.2. The molecule has 0 spiro atoms. The van der Waals surface area contributed by atoms with Crippen LogP contribution in [0.1, 0.15) is 96.3 Å². The van der Waals surface area contributed by atoms with E-state index >= 15 is 0 Å². The summed E-state index contributed by atoms with van der Waals surface area (Å²) in [6, 6.07) is 0.472. The van der Waals surface area contributed by atoms with Crippen LogP contribution in [0.5, 0.6) is 0 Å². The molecule has 0 atom stereocenters. The van der Waals surface area contributed by atoms with Gasteiger partial charge in [-0.3, -0.25) is 0 Å². The summed E-state index contributed by atoms with van der Waals surface area (Å²) >= 11 is 0. The van der Waals surface area contributed by atoms with Gasteiger partial charge in [0, 0.05) is 0 Å². The quantitative estimate of drug-likeness (QED) is 0.464. The molecule has 3 saturated carbocycles. The van der Waals surface area contributed by atoms with Crippen molar-refractivity contribution >= 4 is 12.2 Å². The lowest BCUT2D eigenvalue weighted by atomic mass is 9.61. The van der Waals surface area contributed by atoms with Crippen LogP contribution in [0, 0.1) is 17.3 Å². The van der Waals surface area contributed by atoms with Gasteiger partial charge < -0.3 is 0 Å². The minimum Gasteiger partial charge on any atom is -0.211 e. The molecular formula is C22H34N2O2. The summed E-state index contributed by atoms with van der Waals surface area (Å²) in [5.41, 5.74) is 0.551. The average molecular weight is 359 g/mol. The molecule has 0 saturated heterocycles. The molecule has 0 heterocycles. The summed E-state index contributed by atoms with van der Waals surface area (Å²) in [5.74, 6) is 1.64. The summed E-state index contributed by atoms with van der Waals surface area (Å²) in [6.07, 6.45) is 22.5. The van der Waals surface area contributed by atoms with E-state index in [1.807, 2.05) is 0 Å². The van der Waals surface area contributed by atoms with Crippen LogP contribution in [-0.4, -0.2) is 24.2 Å². The Morgan fingerprint density at radius 1 is 0.654 bits per heavy atom. The number of rotatable bonds is 6. The molecule has 0 radical (unpaired) electrons. The largest absolute Gasteiger partial charge is 0.235 e. The highest BCUT2D eigenvalue weighted by Crippen LogP contribution is 2.50. The molecule has 3 rings (SSSR count). The van der Waals surface area contributed by atoms with Crippen LogP contribution < -0.4 is 0 Å². The van der Waals surface area contributed by atoms with Crippen molar-refractivity contribution in [2.75, 3.05) is 0 Å². The van der Waals surface area contributed by atoms with E-state index in [0.29, 0.717) is 5.41 Å². The van der Waals surface area contributed by atoms with Crippen molar-refractivity contribution in [3.8, 4) is 0 Å². The predicted molar refractivity (Wildman–Crippen MR) is 102 cm³/mol. The topological polar surface area (TPSA) is 58.9 Å². The number of hydrogen-bond acceptors (Lipinski definition) is 4. The highest BCUT2D eigenvalue weighted by Gasteiger charge is 2.38. The lowest BCUT2D eigenvalue weighted by molar-refractivity contribution is 0.0793. The monoisotopic (exact) mass is 358 g/mol. The van der Waals surface area contributed by atoms with Gasteiger partial charge in [0.1, 0.15) is 0 Å². The van der Waals surface area contributed by atoms with E-state index in [1.54, 1.807) is 12.2 Å². The van der Waals surface area contributed by atoms with Crippen LogP contribution in [-0.2, 0) is 9.59 Å². The third-order valence-electron chi connectivity index (χ3n) is 7.46. The Kier molecular flexibility index (Phi) is 7.23. The van der Waals surface area contributed by atoms with E-state index in [0.717, 1.165) is 37.5 Å². The van der Waals surface area contributed by atoms with E-state index in [2.05, 4.69) is 9.98 Å². The lowest BCUT2D eigenvalue weighted by Crippen LogP contribution is -2.32. The first-order chi connectivity index (χ1) is 12.7.